The molecule has 0 aliphatic rings. The van der Waals surface area contributed by atoms with Crippen LogP contribution in [0.4, 0.5) is 5.95 Å². The van der Waals surface area contributed by atoms with Crippen molar-refractivity contribution >= 4 is 17.6 Å². The van der Waals surface area contributed by atoms with Crippen molar-refractivity contribution in [3.63, 3.8) is 0 Å². The number of aromatic carboxylic acids is 1. The van der Waals surface area contributed by atoms with Gasteiger partial charge in [0.2, 0.25) is 5.95 Å². The van der Waals surface area contributed by atoms with Crippen LogP contribution in [-0.4, -0.2) is 35.5 Å². The Morgan fingerprint density at radius 3 is 2.71 bits per heavy atom. The number of hydrogen-bond donors (Lipinski definition) is 2. The summed E-state index contributed by atoms with van der Waals surface area (Å²) in [6.07, 6.45) is 4.97. The van der Waals surface area contributed by atoms with Crippen LogP contribution in [0, 0.1) is 0 Å². The average molecular weight is 320 g/mol. The standard InChI is InChI=1S/C16H12N6O2/c17-16-19-14-6-12(15(23)24)13(9-22(14)20-16)10-7-18-21(8-10)11-4-2-1-3-5-11/h1-9H,(H2,17,20)(H,23,24). The SMILES string of the molecule is Nc1nc2cc(C(=O)O)c(-c3cnn(-c4ccccc4)c3)cn2n1. The molecule has 0 bridgehead atoms. The van der Waals surface area contributed by atoms with Crippen molar-refractivity contribution in [1.82, 2.24) is 24.4 Å². The van der Waals surface area contributed by atoms with Crippen LogP contribution in [0.25, 0.3) is 22.5 Å². The number of para-hydroxylation sites is 1. The topological polar surface area (TPSA) is 111 Å². The Morgan fingerprint density at radius 1 is 1.17 bits per heavy atom. The summed E-state index contributed by atoms with van der Waals surface area (Å²) in [6.45, 7) is 0. The number of hydrogen-bond acceptors (Lipinski definition) is 5. The highest BCUT2D eigenvalue weighted by Crippen LogP contribution is 2.25. The third-order valence-electron chi connectivity index (χ3n) is 3.63. The Balaban J connectivity index is 1.88. The summed E-state index contributed by atoms with van der Waals surface area (Å²) in [5.74, 6) is -0.968. The van der Waals surface area contributed by atoms with Gasteiger partial charge in [-0.2, -0.15) is 10.1 Å². The molecule has 24 heavy (non-hydrogen) atoms. The van der Waals surface area contributed by atoms with Gasteiger partial charge in [-0.05, 0) is 18.2 Å². The maximum absolute atomic E-state index is 11.6. The Hall–Kier alpha value is -3.68. The minimum Gasteiger partial charge on any atom is -0.478 e. The molecule has 3 N–H and O–H groups in total. The Morgan fingerprint density at radius 2 is 1.96 bits per heavy atom. The molecule has 8 heteroatoms. The summed E-state index contributed by atoms with van der Waals surface area (Å²) in [5.41, 5.74) is 8.10. The number of pyridine rings is 1. The van der Waals surface area contributed by atoms with E-state index in [4.69, 9.17) is 5.73 Å². The fraction of sp³-hybridized carbons (Fsp3) is 0. The van der Waals surface area contributed by atoms with Crippen LogP contribution >= 0.6 is 0 Å². The summed E-state index contributed by atoms with van der Waals surface area (Å²) in [4.78, 5) is 15.6. The number of nitrogen functional groups attached to an aromatic ring is 1. The lowest BCUT2D eigenvalue weighted by atomic mass is 10.1. The van der Waals surface area contributed by atoms with Crippen molar-refractivity contribution in [2.45, 2.75) is 0 Å². The summed E-state index contributed by atoms with van der Waals surface area (Å²) in [7, 11) is 0. The van der Waals surface area contributed by atoms with E-state index >= 15 is 0 Å². The number of nitrogens with two attached hydrogens (primary N) is 1. The first-order chi connectivity index (χ1) is 11.6. The smallest absolute Gasteiger partial charge is 0.336 e. The van der Waals surface area contributed by atoms with Gasteiger partial charge in [0.05, 0.1) is 17.4 Å². The molecule has 0 unspecified atom stereocenters. The highest BCUT2D eigenvalue weighted by molar-refractivity contribution is 5.96. The van der Waals surface area contributed by atoms with E-state index in [-0.39, 0.29) is 11.5 Å². The fourth-order valence-electron chi connectivity index (χ4n) is 2.54. The van der Waals surface area contributed by atoms with Crippen LogP contribution in [0.15, 0.2) is 55.0 Å². The number of benzene rings is 1. The fourth-order valence-corrected chi connectivity index (χ4v) is 2.54. The second kappa shape index (κ2) is 5.20. The van der Waals surface area contributed by atoms with Gasteiger partial charge in [-0.25, -0.2) is 14.0 Å². The molecule has 4 rings (SSSR count). The van der Waals surface area contributed by atoms with Crippen molar-refractivity contribution in [2.24, 2.45) is 0 Å². The number of aromatic nitrogens is 5. The van der Waals surface area contributed by atoms with Crippen molar-refractivity contribution in [3.8, 4) is 16.8 Å². The molecule has 0 amide bonds. The van der Waals surface area contributed by atoms with E-state index in [9.17, 15) is 9.90 Å². The van der Waals surface area contributed by atoms with E-state index in [0.29, 0.717) is 16.8 Å². The van der Waals surface area contributed by atoms with Crippen LogP contribution in [0.1, 0.15) is 10.4 Å². The van der Waals surface area contributed by atoms with E-state index in [1.807, 2.05) is 30.3 Å². The van der Waals surface area contributed by atoms with E-state index in [2.05, 4.69) is 15.2 Å². The van der Waals surface area contributed by atoms with Gasteiger partial charge in [0, 0.05) is 23.5 Å². The molecule has 0 atom stereocenters. The number of fused-ring (bicyclic) bond motifs is 1. The highest BCUT2D eigenvalue weighted by atomic mass is 16.4. The van der Waals surface area contributed by atoms with Crippen molar-refractivity contribution in [1.29, 1.82) is 0 Å². The monoisotopic (exact) mass is 320 g/mol. The van der Waals surface area contributed by atoms with Crippen LogP contribution in [0.2, 0.25) is 0 Å². The molecule has 3 aromatic heterocycles. The molecule has 0 fully saturated rings. The minimum atomic E-state index is -1.05. The van der Waals surface area contributed by atoms with Crippen molar-refractivity contribution < 1.29 is 9.90 Å². The molecule has 4 aromatic rings. The first kappa shape index (κ1) is 13.9. The van der Waals surface area contributed by atoms with Crippen LogP contribution < -0.4 is 5.73 Å². The summed E-state index contributed by atoms with van der Waals surface area (Å²) in [5, 5.41) is 17.8. The predicted octanol–water partition coefficient (Wildman–Crippen LogP) is 1.86. The second-order valence-electron chi connectivity index (χ2n) is 5.19. The van der Waals surface area contributed by atoms with Crippen molar-refractivity contribution in [2.75, 3.05) is 5.73 Å². The molecule has 0 saturated heterocycles. The summed E-state index contributed by atoms with van der Waals surface area (Å²) >= 11 is 0. The number of carboxylic acid groups (broad SMARTS) is 1. The minimum absolute atomic E-state index is 0.0865. The van der Waals surface area contributed by atoms with Crippen LogP contribution in [-0.2, 0) is 0 Å². The third kappa shape index (κ3) is 2.26. The molecule has 0 aliphatic carbocycles. The lowest BCUT2D eigenvalue weighted by Crippen LogP contribution is -2.02. The van der Waals surface area contributed by atoms with E-state index in [1.165, 1.54) is 10.6 Å². The average Bonchev–Trinajstić information content (AvgIpc) is 3.19. The molecule has 0 spiro atoms. The van der Waals surface area contributed by atoms with Gasteiger partial charge in [0.25, 0.3) is 0 Å². The highest BCUT2D eigenvalue weighted by Gasteiger charge is 2.17. The van der Waals surface area contributed by atoms with Crippen LogP contribution in [0.3, 0.4) is 0 Å². The van der Waals surface area contributed by atoms with Gasteiger partial charge in [-0.1, -0.05) is 18.2 Å². The first-order valence-electron chi connectivity index (χ1n) is 7.11. The van der Waals surface area contributed by atoms with Crippen LogP contribution in [0.5, 0.6) is 0 Å². The second-order valence-corrected chi connectivity index (χ2v) is 5.19. The van der Waals surface area contributed by atoms with E-state index in [0.717, 1.165) is 5.69 Å². The Bertz CT molecular complexity index is 1050. The molecule has 118 valence electrons. The maximum Gasteiger partial charge on any atom is 0.336 e. The predicted molar refractivity (Wildman–Crippen MR) is 86.9 cm³/mol. The number of carbonyl (C=O) groups is 1. The first-order valence-corrected chi connectivity index (χ1v) is 7.11. The molecule has 1 aromatic carbocycles. The molecular weight excluding hydrogens is 308 g/mol. The number of nitrogens with zero attached hydrogens (tertiary/aromatic N) is 5. The maximum atomic E-state index is 11.6. The van der Waals surface area contributed by atoms with E-state index in [1.54, 1.807) is 23.3 Å². The zero-order valence-corrected chi connectivity index (χ0v) is 12.4. The van der Waals surface area contributed by atoms with Gasteiger partial charge in [0.15, 0.2) is 5.65 Å². The Kier molecular flexibility index (Phi) is 3.02. The van der Waals surface area contributed by atoms with Crippen molar-refractivity contribution in [3.05, 3.63) is 60.6 Å². The molecular formula is C16H12N6O2. The summed E-state index contributed by atoms with van der Waals surface area (Å²) in [6, 6.07) is 11.0. The normalized spacial score (nSPS) is 11.0. The van der Waals surface area contributed by atoms with Gasteiger partial charge in [-0.3, -0.25) is 0 Å². The molecule has 0 radical (unpaired) electrons. The number of rotatable bonds is 3. The molecule has 0 aliphatic heterocycles. The number of anilines is 1. The lowest BCUT2D eigenvalue weighted by molar-refractivity contribution is 0.0697. The Labute approximate surface area is 135 Å². The lowest BCUT2D eigenvalue weighted by Gasteiger charge is -2.04. The van der Waals surface area contributed by atoms with Gasteiger partial charge in [0.1, 0.15) is 0 Å². The molecule has 3 heterocycles. The summed E-state index contributed by atoms with van der Waals surface area (Å²) < 4.78 is 3.14. The third-order valence-corrected chi connectivity index (χ3v) is 3.63. The zero-order chi connectivity index (χ0) is 16.7. The van der Waals surface area contributed by atoms with Gasteiger partial charge in [-0.15, -0.1) is 5.10 Å². The largest absolute Gasteiger partial charge is 0.478 e. The van der Waals surface area contributed by atoms with Gasteiger partial charge >= 0.3 is 5.97 Å². The molecule has 0 saturated carbocycles. The number of carboxylic acids is 1. The van der Waals surface area contributed by atoms with E-state index < -0.39 is 5.97 Å². The van der Waals surface area contributed by atoms with Gasteiger partial charge < -0.3 is 10.8 Å². The zero-order valence-electron chi connectivity index (χ0n) is 12.4. The quantitative estimate of drug-likeness (QED) is 0.596. The molecule has 8 nitrogen and oxygen atoms in total.